The van der Waals surface area contributed by atoms with E-state index in [1.54, 1.807) is 4.68 Å². The first kappa shape index (κ1) is 12.3. The number of anilines is 1. The van der Waals surface area contributed by atoms with Crippen LogP contribution in [0.2, 0.25) is 0 Å². The number of carbonyl (C=O) groups is 1. The zero-order valence-corrected chi connectivity index (χ0v) is 11.0. The second-order valence-electron chi connectivity index (χ2n) is 4.33. The first-order valence-corrected chi connectivity index (χ1v) is 6.99. The lowest BCUT2D eigenvalue weighted by atomic mass is 10.3. The van der Waals surface area contributed by atoms with Crippen LogP contribution in [-0.4, -0.2) is 33.2 Å². The van der Waals surface area contributed by atoms with Crippen molar-refractivity contribution in [2.75, 3.05) is 18.5 Å². The summed E-state index contributed by atoms with van der Waals surface area (Å²) < 4.78 is 1.89. The average Bonchev–Trinajstić information content (AvgIpc) is 3.03. The maximum Gasteiger partial charge on any atom is 0.271 e. The fourth-order valence-electron chi connectivity index (χ4n) is 1.81. The van der Waals surface area contributed by atoms with E-state index in [0.717, 1.165) is 0 Å². The Balaban J connectivity index is 2.02. The maximum absolute atomic E-state index is 12.0. The highest BCUT2D eigenvalue weighted by Gasteiger charge is 2.42. The minimum atomic E-state index is -0.123. The largest absolute Gasteiger partial charge is 0.396 e. The lowest BCUT2D eigenvalue weighted by Crippen LogP contribution is -2.33. The minimum absolute atomic E-state index is 0.123. The molecular formula is C11H18N4OS. The summed E-state index contributed by atoms with van der Waals surface area (Å²) in [6.45, 7) is 3.29. The molecule has 1 saturated carbocycles. The molecule has 0 spiro atoms. The number of nitrogen functional groups attached to an aromatic ring is 1. The number of carbonyl (C=O) groups excluding carboxylic acids is 1. The van der Waals surface area contributed by atoms with Crippen LogP contribution in [-0.2, 0) is 6.54 Å². The second-order valence-corrected chi connectivity index (χ2v) is 5.61. The van der Waals surface area contributed by atoms with Gasteiger partial charge in [0.15, 0.2) is 0 Å². The topological polar surface area (TPSA) is 72.9 Å². The molecule has 1 amide bonds. The van der Waals surface area contributed by atoms with Crippen molar-refractivity contribution in [2.45, 2.75) is 31.1 Å². The summed E-state index contributed by atoms with van der Waals surface area (Å²) in [7, 11) is 0. The fraction of sp³-hybridized carbons (Fsp3) is 0.636. The van der Waals surface area contributed by atoms with Gasteiger partial charge < -0.3 is 11.1 Å². The highest BCUT2D eigenvalue weighted by molar-refractivity contribution is 8.00. The Morgan fingerprint density at radius 1 is 1.71 bits per heavy atom. The van der Waals surface area contributed by atoms with E-state index >= 15 is 0 Å². The van der Waals surface area contributed by atoms with E-state index in [4.69, 9.17) is 5.73 Å². The summed E-state index contributed by atoms with van der Waals surface area (Å²) in [5.74, 6) is -0.123. The van der Waals surface area contributed by atoms with Crippen molar-refractivity contribution in [1.29, 1.82) is 0 Å². The molecule has 0 atom stereocenters. The zero-order chi connectivity index (χ0) is 12.5. The van der Waals surface area contributed by atoms with Crippen molar-refractivity contribution in [1.82, 2.24) is 15.1 Å². The molecule has 3 N–H and O–H groups in total. The Morgan fingerprint density at radius 2 is 2.41 bits per heavy atom. The summed E-state index contributed by atoms with van der Waals surface area (Å²) in [6.07, 6.45) is 5.97. The third kappa shape index (κ3) is 2.41. The predicted molar refractivity (Wildman–Crippen MR) is 70.1 cm³/mol. The SMILES string of the molecule is CCn1ncc(N)c1C(=O)NCC1(SC)CC1. The monoisotopic (exact) mass is 254 g/mol. The number of nitrogens with two attached hydrogens (primary N) is 1. The van der Waals surface area contributed by atoms with E-state index in [1.807, 2.05) is 18.7 Å². The number of amides is 1. The van der Waals surface area contributed by atoms with Gasteiger partial charge in [0.2, 0.25) is 0 Å². The molecule has 0 aliphatic heterocycles. The average molecular weight is 254 g/mol. The molecule has 2 rings (SSSR count). The van der Waals surface area contributed by atoms with Crippen LogP contribution in [0.4, 0.5) is 5.69 Å². The van der Waals surface area contributed by atoms with Gasteiger partial charge in [0.1, 0.15) is 5.69 Å². The molecule has 6 heteroatoms. The van der Waals surface area contributed by atoms with Crippen LogP contribution < -0.4 is 11.1 Å². The van der Waals surface area contributed by atoms with Crippen molar-refractivity contribution in [3.63, 3.8) is 0 Å². The van der Waals surface area contributed by atoms with E-state index in [2.05, 4.69) is 16.7 Å². The number of aromatic nitrogens is 2. The molecule has 1 heterocycles. The summed E-state index contributed by atoms with van der Waals surface area (Å²) in [6, 6.07) is 0. The van der Waals surface area contributed by atoms with Crippen LogP contribution in [0.15, 0.2) is 6.20 Å². The van der Waals surface area contributed by atoms with E-state index in [0.29, 0.717) is 24.5 Å². The van der Waals surface area contributed by atoms with Crippen molar-refractivity contribution in [3.05, 3.63) is 11.9 Å². The van der Waals surface area contributed by atoms with Gasteiger partial charge in [-0.05, 0) is 26.0 Å². The molecule has 1 aliphatic carbocycles. The molecule has 0 unspecified atom stereocenters. The number of thioether (sulfide) groups is 1. The molecule has 0 radical (unpaired) electrons. The number of hydrogen-bond acceptors (Lipinski definition) is 4. The Morgan fingerprint density at radius 3 is 2.94 bits per heavy atom. The number of rotatable bonds is 5. The quantitative estimate of drug-likeness (QED) is 0.825. The van der Waals surface area contributed by atoms with Crippen LogP contribution in [0, 0.1) is 0 Å². The van der Waals surface area contributed by atoms with Gasteiger partial charge in [0, 0.05) is 17.8 Å². The highest BCUT2D eigenvalue weighted by atomic mass is 32.2. The Hall–Kier alpha value is -1.17. The third-order valence-corrected chi connectivity index (χ3v) is 4.61. The summed E-state index contributed by atoms with van der Waals surface area (Å²) >= 11 is 1.82. The van der Waals surface area contributed by atoms with Gasteiger partial charge in [-0.15, -0.1) is 0 Å². The molecule has 0 bridgehead atoms. The van der Waals surface area contributed by atoms with Gasteiger partial charge in [-0.1, -0.05) is 0 Å². The van der Waals surface area contributed by atoms with E-state index in [9.17, 15) is 4.79 Å². The van der Waals surface area contributed by atoms with Gasteiger partial charge in [0.05, 0.1) is 11.9 Å². The van der Waals surface area contributed by atoms with Gasteiger partial charge in [-0.2, -0.15) is 16.9 Å². The van der Waals surface area contributed by atoms with Crippen molar-refractivity contribution < 1.29 is 4.79 Å². The van der Waals surface area contributed by atoms with Gasteiger partial charge in [-0.25, -0.2) is 0 Å². The first-order chi connectivity index (χ1) is 8.12. The molecule has 1 aromatic heterocycles. The minimum Gasteiger partial charge on any atom is -0.396 e. The van der Waals surface area contributed by atoms with Crippen LogP contribution in [0.25, 0.3) is 0 Å². The normalized spacial score (nSPS) is 16.8. The van der Waals surface area contributed by atoms with E-state index in [-0.39, 0.29) is 10.7 Å². The highest BCUT2D eigenvalue weighted by Crippen LogP contribution is 2.46. The summed E-state index contributed by atoms with van der Waals surface area (Å²) in [4.78, 5) is 12.0. The number of aryl methyl sites for hydroxylation is 1. The molecule has 17 heavy (non-hydrogen) atoms. The number of nitrogens with one attached hydrogen (secondary N) is 1. The summed E-state index contributed by atoms with van der Waals surface area (Å²) in [5, 5.41) is 7.01. The Bertz CT molecular complexity index is 425. The molecular weight excluding hydrogens is 236 g/mol. The predicted octanol–water partition coefficient (Wildman–Crippen LogP) is 1.11. The summed E-state index contributed by atoms with van der Waals surface area (Å²) in [5.41, 5.74) is 6.68. The molecule has 0 saturated heterocycles. The van der Waals surface area contributed by atoms with Gasteiger partial charge in [0.25, 0.3) is 5.91 Å². The van der Waals surface area contributed by atoms with Gasteiger partial charge >= 0.3 is 0 Å². The van der Waals surface area contributed by atoms with Crippen molar-refractivity contribution in [3.8, 4) is 0 Å². The number of hydrogen-bond donors (Lipinski definition) is 2. The van der Waals surface area contributed by atoms with E-state index in [1.165, 1.54) is 19.0 Å². The third-order valence-electron chi connectivity index (χ3n) is 3.19. The molecule has 1 aliphatic rings. The molecule has 1 fully saturated rings. The molecule has 5 nitrogen and oxygen atoms in total. The van der Waals surface area contributed by atoms with Gasteiger partial charge in [-0.3, -0.25) is 9.48 Å². The standard InChI is InChI=1S/C11H18N4OS/c1-3-15-9(8(12)6-14-15)10(16)13-7-11(17-2)4-5-11/h6H,3-5,7,12H2,1-2H3,(H,13,16). The lowest BCUT2D eigenvalue weighted by Gasteiger charge is -2.13. The van der Waals surface area contributed by atoms with Crippen LogP contribution in [0.3, 0.4) is 0 Å². The zero-order valence-electron chi connectivity index (χ0n) is 10.2. The maximum atomic E-state index is 12.0. The lowest BCUT2D eigenvalue weighted by molar-refractivity contribution is 0.0943. The molecule has 94 valence electrons. The first-order valence-electron chi connectivity index (χ1n) is 5.76. The Labute approximate surface area is 105 Å². The second kappa shape index (κ2) is 4.60. The smallest absolute Gasteiger partial charge is 0.271 e. The molecule has 0 aromatic carbocycles. The van der Waals surface area contributed by atoms with Crippen LogP contribution in [0.1, 0.15) is 30.3 Å². The van der Waals surface area contributed by atoms with E-state index < -0.39 is 0 Å². The Kier molecular flexibility index (Phi) is 3.33. The number of nitrogens with zero attached hydrogens (tertiary/aromatic N) is 2. The van der Waals surface area contributed by atoms with Crippen molar-refractivity contribution in [2.24, 2.45) is 0 Å². The van der Waals surface area contributed by atoms with Crippen LogP contribution >= 0.6 is 11.8 Å². The van der Waals surface area contributed by atoms with Crippen LogP contribution in [0.5, 0.6) is 0 Å². The fourth-order valence-corrected chi connectivity index (χ4v) is 2.53. The molecule has 1 aromatic rings. The van der Waals surface area contributed by atoms with Crippen molar-refractivity contribution >= 4 is 23.4 Å².